The van der Waals surface area contributed by atoms with Crippen LogP contribution in [0.4, 0.5) is 15.9 Å². The van der Waals surface area contributed by atoms with Gasteiger partial charge in [-0.25, -0.2) is 14.4 Å². The molecule has 1 saturated heterocycles. The summed E-state index contributed by atoms with van der Waals surface area (Å²) in [5.74, 6) is -0.932. The van der Waals surface area contributed by atoms with Gasteiger partial charge in [-0.05, 0) is 55.7 Å². The van der Waals surface area contributed by atoms with Gasteiger partial charge in [0.1, 0.15) is 29.7 Å². The van der Waals surface area contributed by atoms with E-state index in [9.17, 15) is 14.9 Å². The predicted molar refractivity (Wildman–Crippen MR) is 147 cm³/mol. The average Bonchev–Trinajstić information content (AvgIpc) is 3.52. The molecule has 0 bridgehead atoms. The third-order valence-corrected chi connectivity index (χ3v) is 6.95. The molecule has 0 aliphatic carbocycles. The number of fused-ring (bicyclic) bond motifs is 1. The molecule has 2 amide bonds. The summed E-state index contributed by atoms with van der Waals surface area (Å²) in [6.07, 6.45) is 2.81. The number of hydrogen-bond acceptors (Lipinski definition) is 6. The molecule has 10 heteroatoms. The SMILES string of the molecule is C=C(C)C(=O)Nc1ccc(-c2c(-c3ccc(C(=O)N4CCC[C@H]4C#N)cc3)c3c(N)ncnc3n2C)c(F)c1. The van der Waals surface area contributed by atoms with Crippen LogP contribution in [0.3, 0.4) is 0 Å². The molecule has 3 heterocycles. The molecule has 1 fully saturated rings. The van der Waals surface area contributed by atoms with E-state index in [-0.39, 0.29) is 17.3 Å². The number of rotatable bonds is 5. The summed E-state index contributed by atoms with van der Waals surface area (Å²) in [5, 5.41) is 12.5. The molecular weight excluding hydrogens is 497 g/mol. The number of hydrogen-bond donors (Lipinski definition) is 2. The van der Waals surface area contributed by atoms with Gasteiger partial charge in [-0.2, -0.15) is 5.26 Å². The van der Waals surface area contributed by atoms with Crippen LogP contribution >= 0.6 is 0 Å². The number of nitrogens with zero attached hydrogens (tertiary/aromatic N) is 5. The lowest BCUT2D eigenvalue weighted by atomic mass is 9.97. The molecule has 39 heavy (non-hydrogen) atoms. The number of nitrogens with two attached hydrogens (primary N) is 1. The lowest BCUT2D eigenvalue weighted by Crippen LogP contribution is -2.34. The normalized spacial score (nSPS) is 14.8. The van der Waals surface area contributed by atoms with Crippen molar-refractivity contribution in [2.45, 2.75) is 25.8 Å². The van der Waals surface area contributed by atoms with Crippen LogP contribution < -0.4 is 11.1 Å². The highest BCUT2D eigenvalue weighted by atomic mass is 19.1. The molecule has 2 aromatic heterocycles. The lowest BCUT2D eigenvalue weighted by molar-refractivity contribution is -0.112. The van der Waals surface area contributed by atoms with E-state index in [4.69, 9.17) is 5.73 Å². The summed E-state index contributed by atoms with van der Waals surface area (Å²) >= 11 is 0. The van der Waals surface area contributed by atoms with Crippen LogP contribution in [0.5, 0.6) is 0 Å². The number of benzene rings is 2. The van der Waals surface area contributed by atoms with Gasteiger partial charge in [0.15, 0.2) is 0 Å². The van der Waals surface area contributed by atoms with E-state index in [1.165, 1.54) is 12.4 Å². The summed E-state index contributed by atoms with van der Waals surface area (Å²) in [7, 11) is 1.76. The first-order valence-electron chi connectivity index (χ1n) is 12.4. The van der Waals surface area contributed by atoms with Crippen LogP contribution in [0.1, 0.15) is 30.1 Å². The topological polar surface area (TPSA) is 130 Å². The van der Waals surface area contributed by atoms with Crippen LogP contribution in [0.25, 0.3) is 33.4 Å². The Kier molecular flexibility index (Phi) is 6.58. The van der Waals surface area contributed by atoms with Crippen molar-refractivity contribution in [1.82, 2.24) is 19.4 Å². The molecule has 196 valence electrons. The summed E-state index contributed by atoms with van der Waals surface area (Å²) < 4.78 is 17.3. The van der Waals surface area contributed by atoms with E-state index in [1.807, 2.05) is 0 Å². The molecule has 1 aliphatic heterocycles. The second-order valence-electron chi connectivity index (χ2n) is 9.53. The Hall–Kier alpha value is -5.04. The van der Waals surface area contributed by atoms with Gasteiger partial charge in [-0.1, -0.05) is 18.7 Å². The molecule has 0 radical (unpaired) electrons. The highest BCUT2D eigenvalue weighted by Gasteiger charge is 2.29. The van der Waals surface area contributed by atoms with E-state index < -0.39 is 17.8 Å². The second kappa shape index (κ2) is 10.0. The highest BCUT2D eigenvalue weighted by Crippen LogP contribution is 2.42. The standard InChI is InChI=1S/C29H26FN7O2/c1-16(2)28(38)35-19-10-11-21(22(30)13-19)25-23(24-26(32)33-15-34-27(24)36(25)3)17-6-8-18(9-7-17)29(39)37-12-4-5-20(37)14-31/h6-11,13,15,20H,1,4-5,12H2,2-3H3,(H,35,38)(H2,32,33,34)/t20-/m0/s1. The smallest absolute Gasteiger partial charge is 0.254 e. The van der Waals surface area contributed by atoms with Gasteiger partial charge in [0.25, 0.3) is 11.8 Å². The number of carbonyl (C=O) groups is 2. The molecule has 0 spiro atoms. The van der Waals surface area contributed by atoms with Crippen LogP contribution in [-0.2, 0) is 11.8 Å². The Bertz CT molecular complexity index is 1680. The van der Waals surface area contributed by atoms with E-state index in [0.29, 0.717) is 57.6 Å². The third kappa shape index (κ3) is 4.48. The summed E-state index contributed by atoms with van der Waals surface area (Å²) in [4.78, 5) is 35.2. The zero-order valence-corrected chi connectivity index (χ0v) is 21.5. The number of aryl methyl sites for hydroxylation is 1. The minimum atomic E-state index is -0.559. The van der Waals surface area contributed by atoms with Crippen molar-refractivity contribution < 1.29 is 14.0 Å². The van der Waals surface area contributed by atoms with Gasteiger partial charge in [-0.15, -0.1) is 0 Å². The van der Waals surface area contributed by atoms with Crippen molar-refractivity contribution in [3.05, 3.63) is 72.3 Å². The minimum Gasteiger partial charge on any atom is -0.383 e. The monoisotopic (exact) mass is 523 g/mol. The zero-order valence-electron chi connectivity index (χ0n) is 21.5. The Morgan fingerprint density at radius 2 is 1.95 bits per heavy atom. The van der Waals surface area contributed by atoms with Crippen molar-refractivity contribution in [2.75, 3.05) is 17.6 Å². The number of aromatic nitrogens is 3. The Balaban J connectivity index is 1.61. The maximum absolute atomic E-state index is 15.6. The number of likely N-dealkylation sites (tertiary alicyclic amines) is 1. The van der Waals surface area contributed by atoms with Crippen LogP contribution in [0, 0.1) is 17.1 Å². The molecule has 0 saturated carbocycles. The van der Waals surface area contributed by atoms with Gasteiger partial charge in [0.05, 0.1) is 17.1 Å². The summed E-state index contributed by atoms with van der Waals surface area (Å²) in [5.41, 5.74) is 9.93. The Morgan fingerprint density at radius 1 is 1.21 bits per heavy atom. The predicted octanol–water partition coefficient (Wildman–Crippen LogP) is 4.67. The van der Waals surface area contributed by atoms with Gasteiger partial charge >= 0.3 is 0 Å². The number of amides is 2. The molecule has 1 atom stereocenters. The highest BCUT2D eigenvalue weighted by molar-refractivity contribution is 6.08. The van der Waals surface area contributed by atoms with Crippen LogP contribution in [0.15, 0.2) is 60.9 Å². The molecule has 9 nitrogen and oxygen atoms in total. The van der Waals surface area contributed by atoms with Crippen molar-refractivity contribution >= 4 is 34.4 Å². The number of nitriles is 1. The fourth-order valence-electron chi connectivity index (χ4n) is 4.98. The Morgan fingerprint density at radius 3 is 2.62 bits per heavy atom. The Labute approximate surface area is 224 Å². The van der Waals surface area contributed by atoms with E-state index >= 15 is 4.39 Å². The molecule has 4 aromatic rings. The van der Waals surface area contributed by atoms with E-state index in [0.717, 1.165) is 6.42 Å². The number of nitrogens with one attached hydrogen (secondary N) is 1. The number of halogens is 1. The van der Waals surface area contributed by atoms with Gasteiger partial charge in [0, 0.05) is 41.5 Å². The van der Waals surface area contributed by atoms with Gasteiger partial charge in [-0.3, -0.25) is 9.59 Å². The fourth-order valence-corrected chi connectivity index (χ4v) is 4.98. The average molecular weight is 524 g/mol. The summed E-state index contributed by atoms with van der Waals surface area (Å²) in [6, 6.07) is 13.1. The first-order chi connectivity index (χ1) is 18.7. The molecule has 0 unspecified atom stereocenters. The molecular formula is C29H26FN7O2. The van der Waals surface area contributed by atoms with Crippen molar-refractivity contribution in [3.8, 4) is 28.5 Å². The first-order valence-corrected chi connectivity index (χ1v) is 12.4. The molecule has 1 aliphatic rings. The lowest BCUT2D eigenvalue weighted by Gasteiger charge is -2.19. The maximum atomic E-state index is 15.6. The van der Waals surface area contributed by atoms with Crippen LogP contribution in [0.2, 0.25) is 0 Å². The largest absolute Gasteiger partial charge is 0.383 e. The zero-order chi connectivity index (χ0) is 27.8. The quantitative estimate of drug-likeness (QED) is 0.366. The van der Waals surface area contributed by atoms with E-state index in [2.05, 4.69) is 27.9 Å². The van der Waals surface area contributed by atoms with Gasteiger partial charge < -0.3 is 20.5 Å². The van der Waals surface area contributed by atoms with Crippen LogP contribution in [-0.4, -0.2) is 43.8 Å². The number of carbonyl (C=O) groups excluding carboxylic acids is 2. The third-order valence-electron chi connectivity index (χ3n) is 6.95. The number of anilines is 2. The minimum absolute atomic E-state index is 0.204. The summed E-state index contributed by atoms with van der Waals surface area (Å²) in [6.45, 7) is 5.72. The molecule has 2 aromatic carbocycles. The fraction of sp³-hybridized carbons (Fsp3) is 0.207. The van der Waals surface area contributed by atoms with Gasteiger partial charge in [0.2, 0.25) is 0 Å². The number of nitrogen functional groups attached to an aromatic ring is 1. The second-order valence-corrected chi connectivity index (χ2v) is 9.53. The van der Waals surface area contributed by atoms with Crippen molar-refractivity contribution in [2.24, 2.45) is 7.05 Å². The van der Waals surface area contributed by atoms with Crippen molar-refractivity contribution in [3.63, 3.8) is 0 Å². The first kappa shape index (κ1) is 25.6. The maximum Gasteiger partial charge on any atom is 0.254 e. The van der Waals surface area contributed by atoms with Crippen molar-refractivity contribution in [1.29, 1.82) is 5.26 Å². The van der Waals surface area contributed by atoms with E-state index in [1.54, 1.807) is 59.8 Å². The molecule has 3 N–H and O–H groups in total. The molecule has 5 rings (SSSR count).